The number of amides is 1. The highest BCUT2D eigenvalue weighted by Gasteiger charge is 2.26. The molecular weight excluding hydrogens is 302 g/mol. The summed E-state index contributed by atoms with van der Waals surface area (Å²) >= 11 is 0. The predicted molar refractivity (Wildman–Crippen MR) is 95.0 cm³/mol. The molecule has 1 unspecified atom stereocenters. The second-order valence-electron chi connectivity index (χ2n) is 6.10. The Labute approximate surface area is 142 Å². The highest BCUT2D eigenvalue weighted by molar-refractivity contribution is 5.82. The lowest BCUT2D eigenvalue weighted by Gasteiger charge is -2.37. The van der Waals surface area contributed by atoms with Gasteiger partial charge in [0.2, 0.25) is 5.91 Å². The number of nitrogens with zero attached hydrogens (tertiary/aromatic N) is 2. The molecule has 1 fully saturated rings. The maximum Gasteiger partial charge on any atom is 0.239 e. The first kappa shape index (κ1) is 16.3. The van der Waals surface area contributed by atoms with E-state index in [1.54, 1.807) is 12.1 Å². The van der Waals surface area contributed by atoms with Crippen molar-refractivity contribution in [1.82, 2.24) is 4.90 Å². The van der Waals surface area contributed by atoms with Gasteiger partial charge in [-0.05, 0) is 24.1 Å². The molecule has 0 aliphatic carbocycles. The van der Waals surface area contributed by atoms with E-state index in [1.807, 2.05) is 47.4 Å². The number of piperazine rings is 1. The van der Waals surface area contributed by atoms with Crippen LogP contribution in [0.1, 0.15) is 5.56 Å². The van der Waals surface area contributed by atoms with Gasteiger partial charge in [0.1, 0.15) is 5.75 Å². The third kappa shape index (κ3) is 3.68. The van der Waals surface area contributed by atoms with Crippen molar-refractivity contribution in [2.24, 2.45) is 5.73 Å². The molecule has 1 aliphatic rings. The maximum atomic E-state index is 12.5. The SMILES string of the molecule is NC(Cc1ccccc1)C(=O)N1CCN(c2ccccc2O)CC1. The molecule has 1 aliphatic heterocycles. The fraction of sp³-hybridized carbons (Fsp3) is 0.316. The van der Waals surface area contributed by atoms with Crippen LogP contribution in [0.4, 0.5) is 5.69 Å². The van der Waals surface area contributed by atoms with Crippen LogP contribution in [-0.4, -0.2) is 48.1 Å². The van der Waals surface area contributed by atoms with Crippen molar-refractivity contribution in [3.8, 4) is 5.75 Å². The summed E-state index contributed by atoms with van der Waals surface area (Å²) < 4.78 is 0. The Hall–Kier alpha value is -2.53. The molecule has 0 saturated carbocycles. The van der Waals surface area contributed by atoms with Gasteiger partial charge in [0.15, 0.2) is 0 Å². The van der Waals surface area contributed by atoms with Crippen LogP contribution in [0.2, 0.25) is 0 Å². The summed E-state index contributed by atoms with van der Waals surface area (Å²) in [6.45, 7) is 2.63. The first-order chi connectivity index (χ1) is 11.6. The third-order valence-electron chi connectivity index (χ3n) is 4.43. The number of rotatable bonds is 4. The summed E-state index contributed by atoms with van der Waals surface area (Å²) in [5.74, 6) is 0.272. The van der Waals surface area contributed by atoms with Gasteiger partial charge in [-0.2, -0.15) is 0 Å². The van der Waals surface area contributed by atoms with Crippen LogP contribution < -0.4 is 10.6 Å². The van der Waals surface area contributed by atoms with Crippen LogP contribution in [-0.2, 0) is 11.2 Å². The van der Waals surface area contributed by atoms with E-state index in [1.165, 1.54) is 0 Å². The quantitative estimate of drug-likeness (QED) is 0.896. The lowest BCUT2D eigenvalue weighted by atomic mass is 10.1. The lowest BCUT2D eigenvalue weighted by Crippen LogP contribution is -2.53. The van der Waals surface area contributed by atoms with Crippen LogP contribution in [0.3, 0.4) is 0 Å². The molecule has 126 valence electrons. The van der Waals surface area contributed by atoms with Gasteiger partial charge < -0.3 is 20.6 Å². The van der Waals surface area contributed by atoms with Crippen LogP contribution >= 0.6 is 0 Å². The van der Waals surface area contributed by atoms with Gasteiger partial charge in [-0.25, -0.2) is 0 Å². The number of phenolic OH excluding ortho intramolecular Hbond substituents is 1. The summed E-state index contributed by atoms with van der Waals surface area (Å²) in [5, 5.41) is 9.95. The van der Waals surface area contributed by atoms with E-state index in [0.717, 1.165) is 11.3 Å². The number of nitrogens with two attached hydrogens (primary N) is 1. The predicted octanol–water partition coefficient (Wildman–Crippen LogP) is 1.61. The van der Waals surface area contributed by atoms with E-state index in [4.69, 9.17) is 5.73 Å². The Balaban J connectivity index is 1.56. The average Bonchev–Trinajstić information content (AvgIpc) is 2.62. The van der Waals surface area contributed by atoms with Crippen LogP contribution in [0.25, 0.3) is 0 Å². The Morgan fingerprint density at radius 2 is 1.62 bits per heavy atom. The zero-order valence-corrected chi connectivity index (χ0v) is 13.6. The molecule has 0 radical (unpaired) electrons. The van der Waals surface area contributed by atoms with E-state index in [9.17, 15) is 9.90 Å². The summed E-state index contributed by atoms with van der Waals surface area (Å²) in [6.07, 6.45) is 0.555. The molecular formula is C19H23N3O2. The number of aromatic hydroxyl groups is 1. The van der Waals surface area contributed by atoms with Crippen molar-refractivity contribution in [1.29, 1.82) is 0 Å². The Morgan fingerprint density at radius 3 is 2.29 bits per heavy atom. The molecule has 5 nitrogen and oxygen atoms in total. The smallest absolute Gasteiger partial charge is 0.239 e. The molecule has 3 N–H and O–H groups in total. The normalized spacial score (nSPS) is 16.0. The van der Waals surface area contributed by atoms with Crippen molar-refractivity contribution in [2.45, 2.75) is 12.5 Å². The first-order valence-corrected chi connectivity index (χ1v) is 8.26. The third-order valence-corrected chi connectivity index (χ3v) is 4.43. The summed E-state index contributed by atoms with van der Waals surface area (Å²) in [7, 11) is 0. The number of carbonyl (C=O) groups excluding carboxylic acids is 1. The van der Waals surface area contributed by atoms with Crippen LogP contribution in [0.5, 0.6) is 5.75 Å². The van der Waals surface area contributed by atoms with Gasteiger partial charge in [0.05, 0.1) is 11.7 Å². The standard InChI is InChI=1S/C19H23N3O2/c20-16(14-15-6-2-1-3-7-15)19(24)22-12-10-21(11-13-22)17-8-4-5-9-18(17)23/h1-9,16,23H,10-14,20H2. The maximum absolute atomic E-state index is 12.5. The topological polar surface area (TPSA) is 69.8 Å². The van der Waals surface area contributed by atoms with E-state index in [2.05, 4.69) is 4.90 Å². The van der Waals surface area contributed by atoms with Crippen molar-refractivity contribution in [2.75, 3.05) is 31.1 Å². The molecule has 2 aromatic carbocycles. The molecule has 1 saturated heterocycles. The minimum Gasteiger partial charge on any atom is -0.506 e. The summed E-state index contributed by atoms with van der Waals surface area (Å²) in [5.41, 5.74) is 8.00. The fourth-order valence-electron chi connectivity index (χ4n) is 3.09. The van der Waals surface area contributed by atoms with Crippen molar-refractivity contribution >= 4 is 11.6 Å². The lowest BCUT2D eigenvalue weighted by molar-refractivity contribution is -0.132. The molecule has 5 heteroatoms. The van der Waals surface area contributed by atoms with E-state index in [-0.39, 0.29) is 11.7 Å². The molecule has 0 bridgehead atoms. The largest absolute Gasteiger partial charge is 0.506 e. The number of benzene rings is 2. The number of anilines is 1. The van der Waals surface area contributed by atoms with Gasteiger partial charge in [-0.1, -0.05) is 42.5 Å². The number of hydrogen-bond acceptors (Lipinski definition) is 4. The monoisotopic (exact) mass is 325 g/mol. The zero-order valence-electron chi connectivity index (χ0n) is 13.6. The van der Waals surface area contributed by atoms with Crippen LogP contribution in [0.15, 0.2) is 54.6 Å². The second-order valence-corrected chi connectivity index (χ2v) is 6.10. The highest BCUT2D eigenvalue weighted by Crippen LogP contribution is 2.27. The number of para-hydroxylation sites is 2. The molecule has 1 amide bonds. The molecule has 2 aromatic rings. The first-order valence-electron chi connectivity index (χ1n) is 8.26. The van der Waals surface area contributed by atoms with Gasteiger partial charge in [0, 0.05) is 26.2 Å². The van der Waals surface area contributed by atoms with E-state index >= 15 is 0 Å². The van der Waals surface area contributed by atoms with E-state index < -0.39 is 6.04 Å². The minimum absolute atomic E-state index is 0.00390. The number of hydrogen-bond donors (Lipinski definition) is 2. The zero-order chi connectivity index (χ0) is 16.9. The summed E-state index contributed by atoms with van der Waals surface area (Å²) in [4.78, 5) is 16.5. The molecule has 0 spiro atoms. The number of phenols is 1. The molecule has 1 heterocycles. The Bertz CT molecular complexity index is 682. The Morgan fingerprint density at radius 1 is 1.00 bits per heavy atom. The van der Waals surface area contributed by atoms with Crippen molar-refractivity contribution in [3.63, 3.8) is 0 Å². The Kier molecular flexibility index (Phi) is 5.01. The average molecular weight is 325 g/mol. The number of carbonyl (C=O) groups is 1. The molecule has 1 atom stereocenters. The minimum atomic E-state index is -0.510. The summed E-state index contributed by atoms with van der Waals surface area (Å²) in [6, 6.07) is 16.6. The van der Waals surface area contributed by atoms with Gasteiger partial charge in [-0.3, -0.25) is 4.79 Å². The van der Waals surface area contributed by atoms with Gasteiger partial charge in [0.25, 0.3) is 0 Å². The fourth-order valence-corrected chi connectivity index (χ4v) is 3.09. The molecule has 0 aromatic heterocycles. The van der Waals surface area contributed by atoms with Gasteiger partial charge in [-0.15, -0.1) is 0 Å². The van der Waals surface area contributed by atoms with Gasteiger partial charge >= 0.3 is 0 Å². The molecule has 3 rings (SSSR count). The molecule has 24 heavy (non-hydrogen) atoms. The second kappa shape index (κ2) is 7.36. The van der Waals surface area contributed by atoms with E-state index in [0.29, 0.717) is 32.6 Å². The van der Waals surface area contributed by atoms with Crippen molar-refractivity contribution < 1.29 is 9.90 Å². The van der Waals surface area contributed by atoms with Crippen molar-refractivity contribution in [3.05, 3.63) is 60.2 Å². The van der Waals surface area contributed by atoms with Crippen LogP contribution in [0, 0.1) is 0 Å². The highest BCUT2D eigenvalue weighted by atomic mass is 16.3.